The van der Waals surface area contributed by atoms with E-state index in [0.29, 0.717) is 0 Å². The molecule has 0 spiro atoms. The van der Waals surface area contributed by atoms with Crippen molar-refractivity contribution in [3.8, 4) is 0 Å². The molecule has 0 radical (unpaired) electrons. The predicted octanol–water partition coefficient (Wildman–Crippen LogP) is 4.60. The van der Waals surface area contributed by atoms with Crippen LogP contribution in [0.2, 0.25) is 0 Å². The SMILES string of the molecule is N=C(NN=Cc1ccc(C(F)(F)F)cc1)N(N=Cc1ccc(C(F)(F)F)cc1)C(=O)O. The van der Waals surface area contributed by atoms with E-state index in [0.717, 1.165) is 61.0 Å². The molecule has 0 saturated heterocycles. The minimum atomic E-state index is -4.53. The summed E-state index contributed by atoms with van der Waals surface area (Å²) >= 11 is 0. The fourth-order valence-corrected chi connectivity index (χ4v) is 2.06. The first-order valence-electron chi connectivity index (χ1n) is 8.17. The quantitative estimate of drug-likeness (QED) is 0.278. The summed E-state index contributed by atoms with van der Waals surface area (Å²) in [4.78, 5) is 11.2. The van der Waals surface area contributed by atoms with Crippen LogP contribution in [0.15, 0.2) is 58.7 Å². The largest absolute Gasteiger partial charge is 0.463 e. The van der Waals surface area contributed by atoms with E-state index in [4.69, 9.17) is 10.5 Å². The molecule has 3 N–H and O–H groups in total. The van der Waals surface area contributed by atoms with E-state index < -0.39 is 35.5 Å². The molecule has 1 amide bonds. The average Bonchev–Trinajstić information content (AvgIpc) is 2.67. The molecule has 0 aliphatic carbocycles. The minimum Gasteiger partial charge on any atom is -0.463 e. The number of nitrogens with zero attached hydrogens (tertiary/aromatic N) is 3. The van der Waals surface area contributed by atoms with Gasteiger partial charge >= 0.3 is 18.4 Å². The number of hydrogen-bond donors (Lipinski definition) is 3. The van der Waals surface area contributed by atoms with Crippen molar-refractivity contribution in [2.24, 2.45) is 10.2 Å². The smallest absolute Gasteiger partial charge is 0.435 e. The van der Waals surface area contributed by atoms with Gasteiger partial charge in [-0.15, -0.1) is 5.01 Å². The van der Waals surface area contributed by atoms with Gasteiger partial charge < -0.3 is 5.11 Å². The number of amides is 1. The first kappa shape index (κ1) is 23.4. The first-order valence-corrected chi connectivity index (χ1v) is 8.17. The molecule has 0 aromatic heterocycles. The summed E-state index contributed by atoms with van der Waals surface area (Å²) in [6.45, 7) is 0. The van der Waals surface area contributed by atoms with Gasteiger partial charge in [0.1, 0.15) is 0 Å². The van der Waals surface area contributed by atoms with Crippen LogP contribution in [-0.4, -0.2) is 34.6 Å². The summed E-state index contributed by atoms with van der Waals surface area (Å²) in [6.07, 6.45) is -8.74. The molecule has 0 unspecified atom stereocenters. The lowest BCUT2D eigenvalue weighted by molar-refractivity contribution is -0.138. The van der Waals surface area contributed by atoms with Gasteiger partial charge in [-0.2, -0.15) is 36.5 Å². The fraction of sp³-hybridized carbons (Fsp3) is 0.111. The summed E-state index contributed by atoms with van der Waals surface area (Å²) in [6, 6.07) is 7.58. The van der Waals surface area contributed by atoms with Gasteiger partial charge in [-0.25, -0.2) is 10.2 Å². The Kier molecular flexibility index (Phi) is 7.00. The van der Waals surface area contributed by atoms with Crippen molar-refractivity contribution in [3.05, 3.63) is 70.8 Å². The Morgan fingerprint density at radius 2 is 1.29 bits per heavy atom. The second-order valence-electron chi connectivity index (χ2n) is 5.80. The van der Waals surface area contributed by atoms with Gasteiger partial charge in [0.15, 0.2) is 0 Å². The van der Waals surface area contributed by atoms with Crippen molar-refractivity contribution in [2.75, 3.05) is 0 Å². The normalized spacial score (nSPS) is 12.3. The summed E-state index contributed by atoms with van der Waals surface area (Å²) in [5.74, 6) is -0.834. The second kappa shape index (κ2) is 9.28. The van der Waals surface area contributed by atoms with E-state index in [2.05, 4.69) is 10.2 Å². The van der Waals surface area contributed by atoms with E-state index in [1.807, 2.05) is 5.43 Å². The highest BCUT2D eigenvalue weighted by atomic mass is 19.4. The van der Waals surface area contributed by atoms with Crippen molar-refractivity contribution in [1.82, 2.24) is 10.4 Å². The molecule has 0 heterocycles. The van der Waals surface area contributed by atoms with Crippen LogP contribution >= 0.6 is 0 Å². The molecule has 7 nitrogen and oxygen atoms in total. The van der Waals surface area contributed by atoms with Gasteiger partial charge in [0.2, 0.25) is 5.96 Å². The number of carbonyl (C=O) groups is 1. The lowest BCUT2D eigenvalue weighted by atomic mass is 10.1. The lowest BCUT2D eigenvalue weighted by Crippen LogP contribution is -2.38. The second-order valence-corrected chi connectivity index (χ2v) is 5.80. The van der Waals surface area contributed by atoms with Crippen molar-refractivity contribution in [2.45, 2.75) is 12.4 Å². The van der Waals surface area contributed by atoms with E-state index in [-0.39, 0.29) is 16.1 Å². The molecule has 2 aromatic rings. The lowest BCUT2D eigenvalue weighted by Gasteiger charge is -2.12. The van der Waals surface area contributed by atoms with Gasteiger partial charge in [0, 0.05) is 0 Å². The molecule has 0 bridgehead atoms. The zero-order valence-electron chi connectivity index (χ0n) is 15.2. The van der Waals surface area contributed by atoms with Gasteiger partial charge in [-0.05, 0) is 35.4 Å². The van der Waals surface area contributed by atoms with E-state index in [1.54, 1.807) is 0 Å². The van der Waals surface area contributed by atoms with Crippen LogP contribution in [0.25, 0.3) is 0 Å². The van der Waals surface area contributed by atoms with Crippen molar-refractivity contribution >= 4 is 24.5 Å². The summed E-state index contributed by atoms with van der Waals surface area (Å²) in [5, 5.41) is 24.0. The van der Waals surface area contributed by atoms with Crippen molar-refractivity contribution < 1.29 is 36.2 Å². The van der Waals surface area contributed by atoms with E-state index in [9.17, 15) is 31.1 Å². The van der Waals surface area contributed by atoms with Gasteiger partial charge in [0.25, 0.3) is 0 Å². The molecule has 164 valence electrons. The van der Waals surface area contributed by atoms with Crippen molar-refractivity contribution in [1.29, 1.82) is 5.41 Å². The Hall–Kier alpha value is -3.90. The average molecular weight is 445 g/mol. The number of hydrazone groups is 2. The maximum Gasteiger partial charge on any atom is 0.435 e. The Morgan fingerprint density at radius 3 is 1.68 bits per heavy atom. The molecule has 0 saturated carbocycles. The van der Waals surface area contributed by atoms with Gasteiger partial charge in [-0.3, -0.25) is 5.41 Å². The van der Waals surface area contributed by atoms with Crippen LogP contribution in [0, 0.1) is 5.41 Å². The summed E-state index contributed by atoms with van der Waals surface area (Å²) < 4.78 is 75.1. The number of alkyl halides is 6. The zero-order valence-corrected chi connectivity index (χ0v) is 15.2. The van der Waals surface area contributed by atoms with E-state index in [1.165, 1.54) is 0 Å². The maximum atomic E-state index is 12.5. The molecule has 13 heteroatoms. The first-order chi connectivity index (χ1) is 14.4. The number of benzene rings is 2. The molecule has 0 aliphatic rings. The van der Waals surface area contributed by atoms with Crippen molar-refractivity contribution in [3.63, 3.8) is 0 Å². The topological polar surface area (TPSA) is 101 Å². The highest BCUT2D eigenvalue weighted by molar-refractivity contribution is 5.93. The summed E-state index contributed by atoms with van der Waals surface area (Å²) in [7, 11) is 0. The molecule has 2 rings (SSSR count). The Balaban J connectivity index is 2.03. The van der Waals surface area contributed by atoms with Gasteiger partial charge in [-0.1, -0.05) is 24.3 Å². The number of rotatable bonds is 4. The monoisotopic (exact) mass is 445 g/mol. The Labute approximate surface area is 170 Å². The van der Waals surface area contributed by atoms with Crippen LogP contribution in [0.4, 0.5) is 31.1 Å². The number of carboxylic acid groups (broad SMARTS) is 1. The molecule has 0 aliphatic heterocycles. The summed E-state index contributed by atoms with van der Waals surface area (Å²) in [5.41, 5.74) is 0.657. The van der Waals surface area contributed by atoms with Crippen LogP contribution < -0.4 is 5.43 Å². The molecule has 0 atom stereocenters. The number of hydrogen-bond acceptors (Lipinski definition) is 4. The maximum absolute atomic E-state index is 12.5. The highest BCUT2D eigenvalue weighted by Crippen LogP contribution is 2.29. The third kappa shape index (κ3) is 6.83. The van der Waals surface area contributed by atoms with Crippen LogP contribution in [0.5, 0.6) is 0 Å². The number of nitrogens with one attached hydrogen (secondary N) is 2. The number of halogens is 6. The fourth-order valence-electron chi connectivity index (χ4n) is 2.06. The predicted molar refractivity (Wildman–Crippen MR) is 98.8 cm³/mol. The molecule has 0 fully saturated rings. The third-order valence-corrected chi connectivity index (χ3v) is 3.58. The molecule has 2 aromatic carbocycles. The highest BCUT2D eigenvalue weighted by Gasteiger charge is 2.30. The Bertz CT molecular complexity index is 982. The minimum absolute atomic E-state index is 0.139. The van der Waals surface area contributed by atoms with Crippen LogP contribution in [0.1, 0.15) is 22.3 Å². The Morgan fingerprint density at radius 1 is 0.871 bits per heavy atom. The third-order valence-electron chi connectivity index (χ3n) is 3.58. The number of guanidine groups is 1. The van der Waals surface area contributed by atoms with Gasteiger partial charge in [0.05, 0.1) is 23.6 Å². The van der Waals surface area contributed by atoms with Crippen LogP contribution in [-0.2, 0) is 12.4 Å². The zero-order chi connectivity index (χ0) is 23.2. The molecular formula is C18H13F6N5O2. The standard InChI is InChI=1S/C18H13F6N5O2/c19-17(20,21)13-5-1-11(2-6-13)9-26-28-15(25)29(16(30)31)27-10-12-3-7-14(8-4-12)18(22,23)24/h1-10H,(H2,25,28)(H,30,31). The molecular weight excluding hydrogens is 432 g/mol. The van der Waals surface area contributed by atoms with Crippen LogP contribution in [0.3, 0.4) is 0 Å². The van der Waals surface area contributed by atoms with E-state index >= 15 is 0 Å². The molecule has 31 heavy (non-hydrogen) atoms.